The second kappa shape index (κ2) is 6.79. The Morgan fingerprint density at radius 1 is 1.08 bits per heavy atom. The summed E-state index contributed by atoms with van der Waals surface area (Å²) in [6.07, 6.45) is 0.523. The zero-order valence-corrected chi connectivity index (χ0v) is 15.3. The fraction of sp³-hybridized carbons (Fsp3) is 0.250. The number of ether oxygens (including phenoxy) is 1. The van der Waals surface area contributed by atoms with Gasteiger partial charge < -0.3 is 4.74 Å². The molecular formula is C20H20N2O3S. The van der Waals surface area contributed by atoms with Crippen molar-refractivity contribution < 1.29 is 13.2 Å². The minimum Gasteiger partial charge on any atom is -0.372 e. The lowest BCUT2D eigenvalue weighted by atomic mass is 9.99. The first kappa shape index (κ1) is 17.1. The van der Waals surface area contributed by atoms with Crippen LogP contribution in [0, 0.1) is 6.92 Å². The highest BCUT2D eigenvalue weighted by molar-refractivity contribution is 7.89. The number of benzene rings is 2. The van der Waals surface area contributed by atoms with E-state index in [0.29, 0.717) is 18.5 Å². The minimum absolute atomic E-state index is 0.177. The predicted molar refractivity (Wildman–Crippen MR) is 100 cm³/mol. The molecule has 6 heteroatoms. The molecule has 2 heterocycles. The third-order valence-electron chi connectivity index (χ3n) is 4.65. The van der Waals surface area contributed by atoms with Crippen LogP contribution in [-0.4, -0.2) is 26.1 Å². The quantitative estimate of drug-likeness (QED) is 0.769. The summed E-state index contributed by atoms with van der Waals surface area (Å²) >= 11 is 0. The van der Waals surface area contributed by atoms with Crippen LogP contribution in [0.4, 0.5) is 0 Å². The van der Waals surface area contributed by atoms with E-state index in [4.69, 9.17) is 4.74 Å². The Kier molecular flexibility index (Phi) is 4.48. The number of para-hydroxylation sites is 1. The van der Waals surface area contributed by atoms with Gasteiger partial charge in [0, 0.05) is 24.0 Å². The summed E-state index contributed by atoms with van der Waals surface area (Å²) in [6.45, 7) is 2.60. The van der Waals surface area contributed by atoms with Crippen molar-refractivity contribution in [2.45, 2.75) is 31.0 Å². The monoisotopic (exact) mass is 368 g/mol. The average Bonchev–Trinajstić information content (AvgIpc) is 2.65. The van der Waals surface area contributed by atoms with Crippen molar-refractivity contribution >= 4 is 20.9 Å². The first-order valence-corrected chi connectivity index (χ1v) is 10.1. The molecule has 1 unspecified atom stereocenters. The van der Waals surface area contributed by atoms with E-state index < -0.39 is 10.0 Å². The van der Waals surface area contributed by atoms with E-state index in [1.807, 2.05) is 43.3 Å². The van der Waals surface area contributed by atoms with Crippen molar-refractivity contribution in [2.75, 3.05) is 6.54 Å². The second-order valence-corrected chi connectivity index (χ2v) is 8.27. The van der Waals surface area contributed by atoms with Gasteiger partial charge in [-0.25, -0.2) is 13.1 Å². The SMILES string of the molecule is Cc1ccc2cccc(S(=O)(=O)NCC3Cc4ccccc4CO3)c2n1. The van der Waals surface area contributed by atoms with Gasteiger partial charge >= 0.3 is 0 Å². The lowest BCUT2D eigenvalue weighted by molar-refractivity contribution is 0.0322. The van der Waals surface area contributed by atoms with Gasteiger partial charge in [-0.1, -0.05) is 42.5 Å². The molecule has 0 spiro atoms. The van der Waals surface area contributed by atoms with Crippen LogP contribution in [0.5, 0.6) is 0 Å². The molecule has 26 heavy (non-hydrogen) atoms. The maximum atomic E-state index is 12.8. The van der Waals surface area contributed by atoms with Crippen molar-refractivity contribution in [1.29, 1.82) is 0 Å². The first-order valence-electron chi connectivity index (χ1n) is 8.57. The first-order chi connectivity index (χ1) is 12.5. The molecule has 1 aromatic heterocycles. The normalized spacial score (nSPS) is 17.2. The van der Waals surface area contributed by atoms with Gasteiger partial charge in [0.25, 0.3) is 0 Å². The fourth-order valence-corrected chi connectivity index (χ4v) is 4.49. The van der Waals surface area contributed by atoms with E-state index in [9.17, 15) is 8.42 Å². The van der Waals surface area contributed by atoms with Gasteiger partial charge in [-0.05, 0) is 30.2 Å². The smallest absolute Gasteiger partial charge is 0.242 e. The van der Waals surface area contributed by atoms with Crippen molar-refractivity contribution in [3.63, 3.8) is 0 Å². The van der Waals surface area contributed by atoms with E-state index in [2.05, 4.69) is 15.8 Å². The fourth-order valence-electron chi connectivity index (χ4n) is 3.26. The van der Waals surface area contributed by atoms with Gasteiger partial charge in [0.15, 0.2) is 0 Å². The molecule has 1 atom stereocenters. The van der Waals surface area contributed by atoms with Crippen molar-refractivity contribution in [1.82, 2.24) is 9.71 Å². The van der Waals surface area contributed by atoms with Crippen molar-refractivity contribution in [3.05, 3.63) is 71.4 Å². The van der Waals surface area contributed by atoms with Gasteiger partial charge in [-0.15, -0.1) is 0 Å². The number of rotatable bonds is 4. The largest absolute Gasteiger partial charge is 0.372 e. The van der Waals surface area contributed by atoms with E-state index in [1.165, 1.54) is 11.1 Å². The molecule has 0 fully saturated rings. The molecule has 0 aliphatic carbocycles. The number of hydrogen-bond acceptors (Lipinski definition) is 4. The number of hydrogen-bond donors (Lipinski definition) is 1. The maximum Gasteiger partial charge on any atom is 0.242 e. The average molecular weight is 368 g/mol. The topological polar surface area (TPSA) is 68.3 Å². The molecule has 1 N–H and O–H groups in total. The zero-order chi connectivity index (χ0) is 18.1. The standard InChI is InChI=1S/C20H20N2O3S/c1-14-9-10-15-7-4-8-19(20(15)22-14)26(23,24)21-12-18-11-16-5-2-3-6-17(16)13-25-18/h2-10,18,21H,11-13H2,1H3. The molecule has 0 saturated heterocycles. The molecule has 134 valence electrons. The Hall–Kier alpha value is -2.28. The van der Waals surface area contributed by atoms with Crippen LogP contribution in [-0.2, 0) is 27.8 Å². The highest BCUT2D eigenvalue weighted by atomic mass is 32.2. The van der Waals surface area contributed by atoms with Gasteiger partial charge in [0.1, 0.15) is 4.90 Å². The highest BCUT2D eigenvalue weighted by Crippen LogP contribution is 2.23. The van der Waals surface area contributed by atoms with Crippen LogP contribution in [0.1, 0.15) is 16.8 Å². The Bertz CT molecular complexity index is 1060. The molecule has 0 bridgehead atoms. The Labute approximate surface area is 153 Å². The van der Waals surface area contributed by atoms with Gasteiger partial charge in [-0.3, -0.25) is 4.98 Å². The summed E-state index contributed by atoms with van der Waals surface area (Å²) < 4.78 is 34.2. The zero-order valence-electron chi connectivity index (χ0n) is 14.5. The van der Waals surface area contributed by atoms with E-state index in [0.717, 1.165) is 11.1 Å². The Morgan fingerprint density at radius 3 is 2.73 bits per heavy atom. The van der Waals surface area contributed by atoms with Crippen molar-refractivity contribution in [2.24, 2.45) is 0 Å². The maximum absolute atomic E-state index is 12.8. The number of nitrogens with zero attached hydrogens (tertiary/aromatic N) is 1. The number of nitrogens with one attached hydrogen (secondary N) is 1. The second-order valence-electron chi connectivity index (χ2n) is 6.54. The van der Waals surface area contributed by atoms with Crippen LogP contribution in [0.25, 0.3) is 10.9 Å². The molecule has 0 saturated carbocycles. The lowest BCUT2D eigenvalue weighted by Gasteiger charge is -2.25. The molecule has 4 rings (SSSR count). The summed E-state index contributed by atoms with van der Waals surface area (Å²) in [4.78, 5) is 4.62. The summed E-state index contributed by atoms with van der Waals surface area (Å²) in [6, 6.07) is 17.0. The lowest BCUT2D eigenvalue weighted by Crippen LogP contribution is -2.36. The summed E-state index contributed by atoms with van der Waals surface area (Å²) in [5.41, 5.74) is 3.66. The third-order valence-corrected chi connectivity index (χ3v) is 6.11. The Balaban J connectivity index is 1.55. The number of fused-ring (bicyclic) bond motifs is 2. The van der Waals surface area contributed by atoms with Crippen molar-refractivity contribution in [3.8, 4) is 0 Å². The molecule has 1 aliphatic heterocycles. The molecular weight excluding hydrogens is 348 g/mol. The van der Waals surface area contributed by atoms with Gasteiger partial charge in [0.05, 0.1) is 18.2 Å². The molecule has 5 nitrogen and oxygen atoms in total. The summed E-state index contributed by atoms with van der Waals surface area (Å²) in [7, 11) is -3.67. The number of aromatic nitrogens is 1. The Morgan fingerprint density at radius 2 is 1.88 bits per heavy atom. The van der Waals surface area contributed by atoms with Crippen LogP contribution >= 0.6 is 0 Å². The number of sulfonamides is 1. The van der Waals surface area contributed by atoms with Crippen LogP contribution < -0.4 is 4.72 Å². The summed E-state index contributed by atoms with van der Waals surface area (Å²) in [5, 5.41) is 0.807. The predicted octanol–water partition coefficient (Wildman–Crippen LogP) is 2.96. The van der Waals surface area contributed by atoms with Gasteiger partial charge in [-0.2, -0.15) is 0 Å². The highest BCUT2D eigenvalue weighted by Gasteiger charge is 2.23. The van der Waals surface area contributed by atoms with Crippen LogP contribution in [0.2, 0.25) is 0 Å². The van der Waals surface area contributed by atoms with Crippen LogP contribution in [0.15, 0.2) is 59.5 Å². The minimum atomic E-state index is -3.67. The van der Waals surface area contributed by atoms with E-state index in [1.54, 1.807) is 12.1 Å². The molecule has 1 aliphatic rings. The molecule has 2 aromatic carbocycles. The van der Waals surface area contributed by atoms with E-state index in [-0.39, 0.29) is 17.5 Å². The molecule has 0 radical (unpaired) electrons. The van der Waals surface area contributed by atoms with E-state index >= 15 is 0 Å². The number of aryl methyl sites for hydroxylation is 1. The summed E-state index contributed by atoms with van der Waals surface area (Å²) in [5.74, 6) is 0. The van der Waals surface area contributed by atoms with Gasteiger partial charge in [0.2, 0.25) is 10.0 Å². The number of pyridine rings is 1. The molecule has 0 amide bonds. The van der Waals surface area contributed by atoms with Crippen LogP contribution in [0.3, 0.4) is 0 Å². The molecule has 3 aromatic rings. The third kappa shape index (κ3) is 3.35.